The summed E-state index contributed by atoms with van der Waals surface area (Å²) in [6.07, 6.45) is 3.43. The van der Waals surface area contributed by atoms with Gasteiger partial charge in [-0.05, 0) is 54.8 Å². The first-order valence-corrected chi connectivity index (χ1v) is 13.4. The van der Waals surface area contributed by atoms with Crippen LogP contribution < -0.4 is 9.47 Å². The van der Waals surface area contributed by atoms with Crippen LogP contribution in [0.5, 0.6) is 11.5 Å². The number of rotatable bonds is 11. The highest BCUT2D eigenvalue weighted by atomic mass is 35.5. The van der Waals surface area contributed by atoms with E-state index in [1.165, 1.54) is 0 Å². The molecule has 0 saturated carbocycles. The van der Waals surface area contributed by atoms with Gasteiger partial charge in [0, 0.05) is 24.0 Å². The summed E-state index contributed by atoms with van der Waals surface area (Å²) in [5.41, 5.74) is 3.24. The van der Waals surface area contributed by atoms with Crippen molar-refractivity contribution in [1.82, 2.24) is 4.90 Å². The van der Waals surface area contributed by atoms with E-state index < -0.39 is 17.9 Å². The summed E-state index contributed by atoms with van der Waals surface area (Å²) in [6.45, 7) is 4.63. The van der Waals surface area contributed by atoms with E-state index in [1.807, 2.05) is 48.5 Å². The third-order valence-corrected chi connectivity index (χ3v) is 6.54. The quantitative estimate of drug-likeness (QED) is 0.250. The van der Waals surface area contributed by atoms with Gasteiger partial charge in [-0.3, -0.25) is 0 Å². The molecule has 208 valence electrons. The van der Waals surface area contributed by atoms with E-state index in [0.717, 1.165) is 11.1 Å². The fourth-order valence-corrected chi connectivity index (χ4v) is 4.58. The normalized spacial score (nSPS) is 13.2. The lowest BCUT2D eigenvalue weighted by Gasteiger charge is -2.30. The predicted octanol–water partition coefficient (Wildman–Crippen LogP) is 6.42. The van der Waals surface area contributed by atoms with Gasteiger partial charge in [0.05, 0.1) is 37.4 Å². The van der Waals surface area contributed by atoms with Crippen LogP contribution in [0.3, 0.4) is 0 Å². The Morgan fingerprint density at radius 3 is 2.00 bits per heavy atom. The highest BCUT2D eigenvalue weighted by molar-refractivity contribution is 6.30. The monoisotopic (exact) mass is 561 g/mol. The number of esters is 2. The van der Waals surface area contributed by atoms with Gasteiger partial charge in [-0.15, -0.1) is 0 Å². The highest BCUT2D eigenvalue weighted by Gasteiger charge is 2.36. The van der Waals surface area contributed by atoms with Gasteiger partial charge in [0.2, 0.25) is 0 Å². The molecule has 0 aliphatic carbocycles. The van der Waals surface area contributed by atoms with Gasteiger partial charge in [-0.25, -0.2) is 9.59 Å². The first-order chi connectivity index (χ1) is 19.4. The molecular weight excluding hydrogens is 530 g/mol. The second-order valence-corrected chi connectivity index (χ2v) is 9.46. The molecule has 0 N–H and O–H groups in total. The van der Waals surface area contributed by atoms with Crippen LogP contribution in [-0.4, -0.2) is 37.2 Å². The van der Waals surface area contributed by atoms with Gasteiger partial charge in [0.25, 0.3) is 0 Å². The summed E-state index contributed by atoms with van der Waals surface area (Å²) >= 11 is 6.05. The van der Waals surface area contributed by atoms with Gasteiger partial charge < -0.3 is 23.8 Å². The summed E-state index contributed by atoms with van der Waals surface area (Å²) in [5, 5.41) is 0.623. The van der Waals surface area contributed by atoms with E-state index in [-0.39, 0.29) is 13.2 Å². The van der Waals surface area contributed by atoms with E-state index in [4.69, 9.17) is 30.5 Å². The van der Waals surface area contributed by atoms with Crippen LogP contribution in [0.15, 0.2) is 96.3 Å². The lowest BCUT2D eigenvalue weighted by Crippen LogP contribution is -2.29. The van der Waals surface area contributed by atoms with Gasteiger partial charge in [0.15, 0.2) is 11.5 Å². The van der Waals surface area contributed by atoms with Gasteiger partial charge in [0.1, 0.15) is 6.61 Å². The zero-order valence-electron chi connectivity index (χ0n) is 22.8. The van der Waals surface area contributed by atoms with Crippen molar-refractivity contribution in [3.63, 3.8) is 0 Å². The van der Waals surface area contributed by atoms with Gasteiger partial charge in [-0.1, -0.05) is 60.1 Å². The van der Waals surface area contributed by atoms with E-state index >= 15 is 0 Å². The number of nitrogens with zero attached hydrogens (tertiary/aromatic N) is 1. The fraction of sp³-hybridized carbons (Fsp3) is 0.250. The van der Waals surface area contributed by atoms with Crippen molar-refractivity contribution in [1.29, 1.82) is 0 Å². The molecule has 0 spiro atoms. The minimum atomic E-state index is -0.739. The molecular formula is C32H32ClNO6. The van der Waals surface area contributed by atoms with E-state index in [9.17, 15) is 9.59 Å². The van der Waals surface area contributed by atoms with Crippen molar-refractivity contribution in [3.05, 3.63) is 118 Å². The molecule has 3 aromatic carbocycles. The first-order valence-electron chi connectivity index (χ1n) is 13.1. The summed E-state index contributed by atoms with van der Waals surface area (Å²) in [5.74, 6) is -0.766. The Hall–Kier alpha value is -4.23. The van der Waals surface area contributed by atoms with E-state index in [2.05, 4.69) is 0 Å². The summed E-state index contributed by atoms with van der Waals surface area (Å²) in [6, 6.07) is 22.6. The highest BCUT2D eigenvalue weighted by Crippen LogP contribution is 2.41. The number of halogens is 1. The molecule has 0 aromatic heterocycles. The maximum Gasteiger partial charge on any atom is 0.336 e. The van der Waals surface area contributed by atoms with Crippen molar-refractivity contribution in [2.75, 3.05) is 20.3 Å². The number of hydrogen-bond acceptors (Lipinski definition) is 7. The Balaban J connectivity index is 1.72. The third kappa shape index (κ3) is 7.04. The molecule has 7 nitrogen and oxygen atoms in total. The third-order valence-electron chi connectivity index (χ3n) is 6.29. The van der Waals surface area contributed by atoms with Crippen LogP contribution in [-0.2, 0) is 32.2 Å². The number of methoxy groups -OCH3 is 1. The summed E-state index contributed by atoms with van der Waals surface area (Å²) < 4.78 is 22.5. The second kappa shape index (κ2) is 13.7. The molecule has 0 unspecified atom stereocenters. The molecule has 0 amide bonds. The molecule has 0 fully saturated rings. The fourth-order valence-electron chi connectivity index (χ4n) is 4.45. The standard InChI is InChI=1S/C32H32ClNO6/c1-4-38-31(35)26-19-34(18-22-11-14-25(33)15-12-22)20-27(32(36)39-5-2)30(26)24-13-16-28(29(17-24)37-3)40-21-23-9-7-6-8-10-23/h6-17,19-20,30H,4-5,18,21H2,1-3H3. The molecule has 1 aliphatic heterocycles. The Morgan fingerprint density at radius 1 is 0.800 bits per heavy atom. The predicted molar refractivity (Wildman–Crippen MR) is 153 cm³/mol. The van der Waals surface area contributed by atoms with Crippen molar-refractivity contribution in [2.24, 2.45) is 0 Å². The van der Waals surface area contributed by atoms with E-state index in [0.29, 0.717) is 46.4 Å². The number of ether oxygens (including phenoxy) is 4. The Kier molecular flexibility index (Phi) is 9.86. The SMILES string of the molecule is CCOC(=O)C1=CN(Cc2ccc(Cl)cc2)C=C(C(=O)OCC)C1c1ccc(OCc2ccccc2)c(OC)c1. The Labute approximate surface area is 239 Å². The largest absolute Gasteiger partial charge is 0.493 e. The summed E-state index contributed by atoms with van der Waals surface area (Å²) in [4.78, 5) is 28.3. The molecule has 0 atom stereocenters. The molecule has 0 saturated heterocycles. The topological polar surface area (TPSA) is 74.3 Å². The van der Waals surface area contributed by atoms with Crippen LogP contribution in [0.25, 0.3) is 0 Å². The lowest BCUT2D eigenvalue weighted by molar-refractivity contribution is -0.139. The smallest absolute Gasteiger partial charge is 0.336 e. The minimum absolute atomic E-state index is 0.189. The Morgan fingerprint density at radius 2 is 1.43 bits per heavy atom. The van der Waals surface area contributed by atoms with Crippen LogP contribution in [0, 0.1) is 0 Å². The zero-order chi connectivity index (χ0) is 28.5. The van der Waals surface area contributed by atoms with Crippen molar-refractivity contribution < 1.29 is 28.5 Å². The molecule has 1 aliphatic rings. The Bertz CT molecular complexity index is 1350. The average molecular weight is 562 g/mol. The summed E-state index contributed by atoms with van der Waals surface area (Å²) in [7, 11) is 1.55. The van der Waals surface area contributed by atoms with Crippen LogP contribution >= 0.6 is 11.6 Å². The molecule has 0 bridgehead atoms. The molecule has 1 heterocycles. The van der Waals surface area contributed by atoms with E-state index in [1.54, 1.807) is 62.5 Å². The number of carbonyl (C=O) groups is 2. The van der Waals surface area contributed by atoms with Gasteiger partial charge in [-0.2, -0.15) is 0 Å². The first kappa shape index (κ1) is 28.8. The number of carbonyl (C=O) groups excluding carboxylic acids is 2. The zero-order valence-corrected chi connectivity index (χ0v) is 23.5. The molecule has 40 heavy (non-hydrogen) atoms. The van der Waals surface area contributed by atoms with Crippen LogP contribution in [0.4, 0.5) is 0 Å². The maximum absolute atomic E-state index is 13.3. The lowest BCUT2D eigenvalue weighted by atomic mass is 9.83. The van der Waals surface area contributed by atoms with Gasteiger partial charge >= 0.3 is 11.9 Å². The number of hydrogen-bond donors (Lipinski definition) is 0. The van der Waals surface area contributed by atoms with Crippen molar-refractivity contribution >= 4 is 23.5 Å². The molecule has 4 rings (SSSR count). The average Bonchev–Trinajstić information content (AvgIpc) is 2.97. The molecule has 8 heteroatoms. The van der Waals surface area contributed by atoms with Crippen LogP contribution in [0.1, 0.15) is 36.5 Å². The minimum Gasteiger partial charge on any atom is -0.493 e. The molecule has 3 aromatic rings. The van der Waals surface area contributed by atoms with Crippen molar-refractivity contribution in [3.8, 4) is 11.5 Å². The molecule has 0 radical (unpaired) electrons. The second-order valence-electron chi connectivity index (χ2n) is 9.03. The van der Waals surface area contributed by atoms with Crippen LogP contribution in [0.2, 0.25) is 5.02 Å². The van der Waals surface area contributed by atoms with Crippen molar-refractivity contribution in [2.45, 2.75) is 32.9 Å². The maximum atomic E-state index is 13.3. The number of benzene rings is 3.